The Morgan fingerprint density at radius 3 is 2.81 bits per heavy atom. The molecule has 7 nitrogen and oxygen atoms in total. The zero-order valence-corrected chi connectivity index (χ0v) is 14.4. The largest absolute Gasteiger partial charge is 0.504 e. The summed E-state index contributed by atoms with van der Waals surface area (Å²) >= 11 is 0. The summed E-state index contributed by atoms with van der Waals surface area (Å²) in [5, 5.41) is 14.5. The molecule has 0 aliphatic rings. The first-order valence-corrected chi connectivity index (χ1v) is 8.14. The Morgan fingerprint density at radius 1 is 1.19 bits per heavy atom. The van der Waals surface area contributed by atoms with E-state index < -0.39 is 0 Å². The molecule has 1 N–H and O–H groups in total. The lowest BCUT2D eigenvalue weighted by molar-refractivity contribution is 0.373. The summed E-state index contributed by atoms with van der Waals surface area (Å²) in [4.78, 5) is 17.5. The van der Waals surface area contributed by atoms with Gasteiger partial charge < -0.3 is 14.3 Å². The maximum absolute atomic E-state index is 12.9. The normalized spacial score (nSPS) is 11.3. The number of para-hydroxylation sites is 1. The van der Waals surface area contributed by atoms with Gasteiger partial charge in [0.2, 0.25) is 5.82 Å². The van der Waals surface area contributed by atoms with Crippen LogP contribution in [0.25, 0.3) is 22.5 Å². The van der Waals surface area contributed by atoms with Gasteiger partial charge in [-0.25, -0.2) is 4.98 Å². The molecule has 27 heavy (non-hydrogen) atoms. The third kappa shape index (κ3) is 3.06. The van der Waals surface area contributed by atoms with Crippen molar-refractivity contribution in [1.29, 1.82) is 0 Å². The Balaban J connectivity index is 1.89. The molecule has 0 aliphatic heterocycles. The van der Waals surface area contributed by atoms with Gasteiger partial charge in [0.05, 0.1) is 30.5 Å². The molecule has 2 aromatic heterocycles. The van der Waals surface area contributed by atoms with Crippen LogP contribution in [0.2, 0.25) is 0 Å². The summed E-state index contributed by atoms with van der Waals surface area (Å²) in [7, 11) is 1.46. The second kappa shape index (κ2) is 6.80. The molecule has 0 saturated carbocycles. The van der Waals surface area contributed by atoms with Crippen LogP contribution in [0.5, 0.6) is 11.5 Å². The van der Waals surface area contributed by atoms with Gasteiger partial charge in [-0.2, -0.15) is 9.78 Å². The lowest BCUT2D eigenvalue weighted by atomic mass is 10.2. The van der Waals surface area contributed by atoms with Crippen LogP contribution in [0.3, 0.4) is 0 Å². The zero-order chi connectivity index (χ0) is 18.8. The first-order chi connectivity index (χ1) is 13.2. The molecule has 4 aromatic rings. The highest BCUT2D eigenvalue weighted by Gasteiger charge is 2.14. The van der Waals surface area contributed by atoms with Crippen molar-refractivity contribution in [3.63, 3.8) is 0 Å². The Kier molecular flexibility index (Phi) is 4.18. The Morgan fingerprint density at radius 2 is 2.04 bits per heavy atom. The highest BCUT2D eigenvalue weighted by atomic mass is 16.5. The molecule has 0 unspecified atom stereocenters. The second-order valence-corrected chi connectivity index (χ2v) is 5.72. The summed E-state index contributed by atoms with van der Waals surface area (Å²) in [5.41, 5.74) is 0.899. The number of nitrogens with zero attached hydrogens (tertiary/aromatic N) is 3. The molecule has 4 rings (SSSR count). The average Bonchev–Trinajstić information content (AvgIpc) is 3.23. The lowest BCUT2D eigenvalue weighted by Gasteiger charge is -2.07. The fraction of sp³-hybridized carbons (Fsp3) is 0.0500. The van der Waals surface area contributed by atoms with Gasteiger partial charge in [0.1, 0.15) is 0 Å². The predicted octanol–water partition coefficient (Wildman–Crippen LogP) is 3.25. The number of hydrogen-bond donors (Lipinski definition) is 1. The van der Waals surface area contributed by atoms with Gasteiger partial charge in [0, 0.05) is 0 Å². The third-order valence-electron chi connectivity index (χ3n) is 4.02. The molecular weight excluding hydrogens is 346 g/mol. The van der Waals surface area contributed by atoms with E-state index >= 15 is 0 Å². The Bertz CT molecular complexity index is 1190. The van der Waals surface area contributed by atoms with E-state index in [1.54, 1.807) is 42.5 Å². The molecule has 2 aromatic carbocycles. The topological polar surface area (TPSA) is 89.9 Å². The van der Waals surface area contributed by atoms with Crippen molar-refractivity contribution < 1.29 is 14.3 Å². The SMILES string of the molecule is COc1cc(/C=N/n2c(-c3ccco3)nc3ccccc3c2=O)ccc1O. The van der Waals surface area contributed by atoms with Crippen LogP contribution in [-0.4, -0.2) is 28.1 Å². The second-order valence-electron chi connectivity index (χ2n) is 5.72. The van der Waals surface area contributed by atoms with Crippen LogP contribution < -0.4 is 10.3 Å². The van der Waals surface area contributed by atoms with E-state index in [1.165, 1.54) is 30.3 Å². The molecular formula is C20H15N3O4. The summed E-state index contributed by atoms with van der Waals surface area (Å²) in [6.07, 6.45) is 3.00. The van der Waals surface area contributed by atoms with Gasteiger partial charge in [0.15, 0.2) is 17.3 Å². The van der Waals surface area contributed by atoms with Gasteiger partial charge in [-0.15, -0.1) is 0 Å². The maximum Gasteiger partial charge on any atom is 0.282 e. The van der Waals surface area contributed by atoms with Crippen LogP contribution >= 0.6 is 0 Å². The van der Waals surface area contributed by atoms with Crippen LogP contribution in [0, 0.1) is 0 Å². The van der Waals surface area contributed by atoms with Crippen molar-refractivity contribution in [3.05, 3.63) is 76.8 Å². The molecule has 0 saturated heterocycles. The smallest absolute Gasteiger partial charge is 0.282 e. The van der Waals surface area contributed by atoms with Crippen molar-refractivity contribution in [3.8, 4) is 23.1 Å². The molecule has 0 spiro atoms. The minimum atomic E-state index is -0.311. The summed E-state index contributed by atoms with van der Waals surface area (Å²) in [6, 6.07) is 15.3. The van der Waals surface area contributed by atoms with Gasteiger partial charge >= 0.3 is 0 Å². The number of fused-ring (bicyclic) bond motifs is 1. The highest BCUT2D eigenvalue weighted by Crippen LogP contribution is 2.25. The van der Waals surface area contributed by atoms with Crippen molar-refractivity contribution in [1.82, 2.24) is 9.66 Å². The van der Waals surface area contributed by atoms with Gasteiger partial charge in [0.25, 0.3) is 5.56 Å². The molecule has 0 atom stereocenters. The number of furan rings is 1. The number of aromatic hydroxyl groups is 1. The molecule has 0 aliphatic carbocycles. The van der Waals surface area contributed by atoms with Crippen LogP contribution in [0.1, 0.15) is 5.56 Å². The molecule has 0 radical (unpaired) electrons. The lowest BCUT2D eigenvalue weighted by Crippen LogP contribution is -2.20. The van der Waals surface area contributed by atoms with E-state index in [-0.39, 0.29) is 11.3 Å². The maximum atomic E-state index is 12.9. The van der Waals surface area contributed by atoms with Crippen molar-refractivity contribution >= 4 is 17.1 Å². The monoisotopic (exact) mass is 361 g/mol. The number of hydrogen-bond acceptors (Lipinski definition) is 6. The minimum absolute atomic E-state index is 0.0236. The molecule has 2 heterocycles. The predicted molar refractivity (Wildman–Crippen MR) is 101 cm³/mol. The summed E-state index contributed by atoms with van der Waals surface area (Å²) in [5.74, 6) is 1.06. The molecule has 0 amide bonds. The number of aromatic nitrogens is 2. The van der Waals surface area contributed by atoms with E-state index in [0.29, 0.717) is 33.8 Å². The van der Waals surface area contributed by atoms with Crippen molar-refractivity contribution in [2.45, 2.75) is 0 Å². The molecule has 7 heteroatoms. The van der Waals surface area contributed by atoms with Crippen LogP contribution in [-0.2, 0) is 0 Å². The number of phenolic OH excluding ortho intramolecular Hbond substituents is 1. The highest BCUT2D eigenvalue weighted by molar-refractivity contribution is 5.82. The van der Waals surface area contributed by atoms with Crippen molar-refractivity contribution in [2.24, 2.45) is 5.10 Å². The third-order valence-corrected chi connectivity index (χ3v) is 4.02. The average molecular weight is 361 g/mol. The Hall–Kier alpha value is -3.87. The fourth-order valence-electron chi connectivity index (χ4n) is 2.70. The first kappa shape index (κ1) is 16.6. The van der Waals surface area contributed by atoms with Gasteiger partial charge in [-0.05, 0) is 48.0 Å². The summed E-state index contributed by atoms with van der Waals surface area (Å²) < 4.78 is 11.7. The minimum Gasteiger partial charge on any atom is -0.504 e. The van der Waals surface area contributed by atoms with E-state index in [9.17, 15) is 9.90 Å². The Labute approximate surface area is 153 Å². The molecule has 0 bridgehead atoms. The van der Waals surface area contributed by atoms with Gasteiger partial charge in [-0.3, -0.25) is 4.79 Å². The quantitative estimate of drug-likeness (QED) is 0.564. The first-order valence-electron chi connectivity index (χ1n) is 8.14. The van der Waals surface area contributed by atoms with E-state index in [4.69, 9.17) is 9.15 Å². The molecule has 134 valence electrons. The number of rotatable bonds is 4. The van der Waals surface area contributed by atoms with Crippen LogP contribution in [0.4, 0.5) is 0 Å². The van der Waals surface area contributed by atoms with Crippen LogP contribution in [0.15, 0.2) is 75.2 Å². The number of ether oxygens (including phenoxy) is 1. The molecule has 0 fully saturated rings. The fourth-order valence-corrected chi connectivity index (χ4v) is 2.70. The van der Waals surface area contributed by atoms with E-state index in [0.717, 1.165) is 0 Å². The number of methoxy groups -OCH3 is 1. The standard InChI is InChI=1S/C20H15N3O4/c1-26-18-11-13(8-9-16(18)24)12-21-23-19(17-7-4-10-27-17)22-15-6-3-2-5-14(15)20(23)25/h2-12,24H,1H3/b21-12+. The van der Waals surface area contributed by atoms with E-state index in [2.05, 4.69) is 10.1 Å². The number of benzene rings is 2. The van der Waals surface area contributed by atoms with Crippen molar-refractivity contribution in [2.75, 3.05) is 7.11 Å². The van der Waals surface area contributed by atoms with Gasteiger partial charge in [-0.1, -0.05) is 12.1 Å². The zero-order valence-electron chi connectivity index (χ0n) is 14.4. The van der Waals surface area contributed by atoms with E-state index in [1.807, 2.05) is 6.07 Å². The number of phenols is 1. The summed E-state index contributed by atoms with van der Waals surface area (Å²) in [6.45, 7) is 0.